The predicted octanol–water partition coefficient (Wildman–Crippen LogP) is 5.03. The summed E-state index contributed by atoms with van der Waals surface area (Å²) in [5.41, 5.74) is 3.14. The van der Waals surface area contributed by atoms with E-state index < -0.39 is 0 Å². The molecule has 0 bridgehead atoms. The summed E-state index contributed by atoms with van der Waals surface area (Å²) in [5.74, 6) is 0.331. The van der Waals surface area contributed by atoms with Crippen LogP contribution in [0.15, 0.2) is 47.8 Å². The zero-order valence-electron chi connectivity index (χ0n) is 13.2. The summed E-state index contributed by atoms with van der Waals surface area (Å²) in [6, 6.07) is 12.9. The molecule has 0 atom stereocenters. The fourth-order valence-corrected chi connectivity index (χ4v) is 3.19. The van der Waals surface area contributed by atoms with E-state index in [9.17, 15) is 4.79 Å². The molecule has 0 spiro atoms. The summed E-state index contributed by atoms with van der Waals surface area (Å²) in [6.45, 7) is 1.90. The Morgan fingerprint density at radius 1 is 1.21 bits per heavy atom. The minimum atomic E-state index is -0.243. The minimum absolute atomic E-state index is 0.243. The Morgan fingerprint density at radius 2 is 1.96 bits per heavy atom. The summed E-state index contributed by atoms with van der Waals surface area (Å²) >= 11 is 7.27. The molecular weight excluding hydrogens is 344 g/mol. The molecule has 0 saturated heterocycles. The predicted molar refractivity (Wildman–Crippen MR) is 98.2 cm³/mol. The van der Waals surface area contributed by atoms with E-state index in [2.05, 4.69) is 10.3 Å². The Balaban J connectivity index is 1.81. The highest BCUT2D eigenvalue weighted by Crippen LogP contribution is 2.28. The number of nitrogens with one attached hydrogen (secondary N) is 1. The third kappa shape index (κ3) is 3.42. The highest BCUT2D eigenvalue weighted by atomic mass is 35.5. The number of aromatic nitrogens is 1. The van der Waals surface area contributed by atoms with Crippen LogP contribution in [0.2, 0.25) is 5.02 Å². The summed E-state index contributed by atoms with van der Waals surface area (Å²) in [7, 11) is 1.56. The van der Waals surface area contributed by atoms with Crippen LogP contribution in [0, 0.1) is 6.92 Å². The van der Waals surface area contributed by atoms with E-state index in [0.29, 0.717) is 21.5 Å². The van der Waals surface area contributed by atoms with Gasteiger partial charge in [0.1, 0.15) is 5.75 Å². The van der Waals surface area contributed by atoms with Gasteiger partial charge < -0.3 is 4.74 Å². The van der Waals surface area contributed by atoms with Crippen LogP contribution in [0.3, 0.4) is 0 Å². The van der Waals surface area contributed by atoms with Gasteiger partial charge in [0.25, 0.3) is 5.91 Å². The van der Waals surface area contributed by atoms with E-state index in [1.807, 2.05) is 48.7 Å². The Kier molecular flexibility index (Phi) is 4.83. The number of aryl methyl sites for hydroxylation is 1. The monoisotopic (exact) mass is 358 g/mol. The van der Waals surface area contributed by atoms with Gasteiger partial charge in [0.05, 0.1) is 18.4 Å². The van der Waals surface area contributed by atoms with Crippen LogP contribution in [-0.4, -0.2) is 18.0 Å². The number of amides is 1. The van der Waals surface area contributed by atoms with Crippen molar-refractivity contribution in [1.29, 1.82) is 0 Å². The average molecular weight is 359 g/mol. The summed E-state index contributed by atoms with van der Waals surface area (Å²) < 4.78 is 5.33. The lowest BCUT2D eigenvalue weighted by molar-refractivity contribution is 0.102. The van der Waals surface area contributed by atoms with E-state index in [4.69, 9.17) is 16.3 Å². The van der Waals surface area contributed by atoms with Crippen LogP contribution in [0.5, 0.6) is 5.75 Å². The molecule has 24 heavy (non-hydrogen) atoms. The van der Waals surface area contributed by atoms with Crippen molar-refractivity contribution in [3.05, 3.63) is 64.0 Å². The summed E-state index contributed by atoms with van der Waals surface area (Å²) in [4.78, 5) is 17.0. The largest absolute Gasteiger partial charge is 0.496 e. The average Bonchev–Trinajstić information content (AvgIpc) is 3.03. The number of hydrogen-bond donors (Lipinski definition) is 1. The molecule has 1 aromatic heterocycles. The highest BCUT2D eigenvalue weighted by Gasteiger charge is 2.15. The molecule has 1 N–H and O–H groups in total. The van der Waals surface area contributed by atoms with Gasteiger partial charge in [-0.05, 0) is 30.7 Å². The number of rotatable bonds is 4. The van der Waals surface area contributed by atoms with Gasteiger partial charge >= 0.3 is 0 Å². The molecule has 0 fully saturated rings. The number of anilines is 1. The fraction of sp³-hybridized carbons (Fsp3) is 0.111. The van der Waals surface area contributed by atoms with Crippen LogP contribution < -0.4 is 10.1 Å². The molecule has 4 nitrogen and oxygen atoms in total. The van der Waals surface area contributed by atoms with Crippen molar-refractivity contribution in [2.75, 3.05) is 12.4 Å². The van der Waals surface area contributed by atoms with Gasteiger partial charge in [-0.3, -0.25) is 10.1 Å². The maximum absolute atomic E-state index is 12.5. The van der Waals surface area contributed by atoms with Crippen molar-refractivity contribution in [2.24, 2.45) is 0 Å². The lowest BCUT2D eigenvalue weighted by atomic mass is 10.1. The number of carbonyl (C=O) groups is 1. The number of halogens is 1. The molecule has 0 unspecified atom stereocenters. The number of nitrogens with zero attached hydrogens (tertiary/aromatic N) is 1. The minimum Gasteiger partial charge on any atom is -0.496 e. The molecule has 6 heteroatoms. The third-order valence-corrected chi connectivity index (χ3v) is 4.53. The van der Waals surface area contributed by atoms with Crippen LogP contribution in [0.1, 0.15) is 15.9 Å². The summed E-state index contributed by atoms with van der Waals surface area (Å²) in [6.07, 6.45) is 0. The van der Waals surface area contributed by atoms with E-state index >= 15 is 0 Å². The zero-order valence-corrected chi connectivity index (χ0v) is 14.7. The van der Waals surface area contributed by atoms with Crippen molar-refractivity contribution < 1.29 is 9.53 Å². The Morgan fingerprint density at radius 3 is 2.67 bits per heavy atom. The number of para-hydroxylation sites is 1. The molecule has 0 aliphatic carbocycles. The molecule has 2 aromatic carbocycles. The first-order valence-electron chi connectivity index (χ1n) is 7.25. The Hall–Kier alpha value is -2.37. The molecule has 3 aromatic rings. The third-order valence-electron chi connectivity index (χ3n) is 3.53. The first-order chi connectivity index (χ1) is 11.6. The Bertz CT molecular complexity index is 875. The molecule has 0 aliphatic rings. The SMILES string of the molecule is COc1c(C)cccc1C(=O)Nc1nc(-c2ccc(Cl)cc2)cs1. The maximum Gasteiger partial charge on any atom is 0.261 e. The van der Waals surface area contributed by atoms with Crippen molar-refractivity contribution >= 4 is 34.0 Å². The van der Waals surface area contributed by atoms with E-state index in [0.717, 1.165) is 16.8 Å². The first-order valence-corrected chi connectivity index (χ1v) is 8.50. The molecule has 0 saturated carbocycles. The van der Waals surface area contributed by atoms with E-state index in [1.165, 1.54) is 11.3 Å². The molecule has 1 heterocycles. The molecule has 122 valence electrons. The number of benzene rings is 2. The normalized spacial score (nSPS) is 10.5. The lowest BCUT2D eigenvalue weighted by Crippen LogP contribution is -2.13. The number of carbonyl (C=O) groups excluding carboxylic acids is 1. The lowest BCUT2D eigenvalue weighted by Gasteiger charge is -2.10. The van der Waals surface area contributed by atoms with Gasteiger partial charge in [0.2, 0.25) is 0 Å². The van der Waals surface area contributed by atoms with Crippen molar-refractivity contribution in [3.63, 3.8) is 0 Å². The maximum atomic E-state index is 12.5. The second kappa shape index (κ2) is 7.03. The molecule has 3 rings (SSSR count). The smallest absolute Gasteiger partial charge is 0.261 e. The Labute approximate surface area is 149 Å². The van der Waals surface area contributed by atoms with Crippen LogP contribution >= 0.6 is 22.9 Å². The number of thiazole rings is 1. The number of hydrogen-bond acceptors (Lipinski definition) is 4. The van der Waals surface area contributed by atoms with Crippen molar-refractivity contribution in [3.8, 4) is 17.0 Å². The number of ether oxygens (including phenoxy) is 1. The van der Waals surface area contributed by atoms with Gasteiger partial charge in [-0.15, -0.1) is 11.3 Å². The quantitative estimate of drug-likeness (QED) is 0.711. The standard InChI is InChI=1S/C18H15ClN2O2S/c1-11-4-3-5-14(16(11)23-2)17(22)21-18-20-15(10-24-18)12-6-8-13(19)9-7-12/h3-10H,1-2H3,(H,20,21,22). The fourth-order valence-electron chi connectivity index (χ4n) is 2.35. The van der Waals surface area contributed by atoms with Crippen molar-refractivity contribution in [1.82, 2.24) is 4.98 Å². The van der Waals surface area contributed by atoms with Gasteiger partial charge in [-0.2, -0.15) is 0 Å². The summed E-state index contributed by atoms with van der Waals surface area (Å²) in [5, 5.41) is 5.93. The molecule has 1 amide bonds. The van der Waals surface area contributed by atoms with Gasteiger partial charge in [-0.25, -0.2) is 4.98 Å². The number of methoxy groups -OCH3 is 1. The van der Waals surface area contributed by atoms with E-state index in [1.54, 1.807) is 13.2 Å². The molecular formula is C18H15ClN2O2S. The van der Waals surface area contributed by atoms with E-state index in [-0.39, 0.29) is 5.91 Å². The van der Waals surface area contributed by atoms with Gasteiger partial charge in [0.15, 0.2) is 5.13 Å². The second-order valence-electron chi connectivity index (χ2n) is 5.15. The van der Waals surface area contributed by atoms with Gasteiger partial charge in [-0.1, -0.05) is 35.9 Å². The van der Waals surface area contributed by atoms with Crippen LogP contribution in [0.25, 0.3) is 11.3 Å². The van der Waals surface area contributed by atoms with Gasteiger partial charge in [0, 0.05) is 16.0 Å². The molecule has 0 radical (unpaired) electrons. The first kappa shape index (κ1) is 16.5. The van der Waals surface area contributed by atoms with Crippen LogP contribution in [0.4, 0.5) is 5.13 Å². The highest BCUT2D eigenvalue weighted by molar-refractivity contribution is 7.14. The van der Waals surface area contributed by atoms with Crippen LogP contribution in [-0.2, 0) is 0 Å². The second-order valence-corrected chi connectivity index (χ2v) is 6.45. The zero-order chi connectivity index (χ0) is 17.1. The topological polar surface area (TPSA) is 51.2 Å². The molecule has 0 aliphatic heterocycles. The van der Waals surface area contributed by atoms with Crippen molar-refractivity contribution in [2.45, 2.75) is 6.92 Å².